The van der Waals surface area contributed by atoms with E-state index in [0.717, 1.165) is 14.8 Å². The van der Waals surface area contributed by atoms with Gasteiger partial charge in [0.25, 0.3) is 0 Å². The lowest BCUT2D eigenvalue weighted by Crippen LogP contribution is -2.32. The van der Waals surface area contributed by atoms with Crippen LogP contribution < -0.4 is 5.73 Å². The predicted octanol–water partition coefficient (Wildman–Crippen LogP) is 2.56. The van der Waals surface area contributed by atoms with Crippen molar-refractivity contribution in [1.82, 2.24) is 4.73 Å². The molecule has 0 aliphatic heterocycles. The molecule has 4 N–H and O–H groups in total. The minimum atomic E-state index is -1.09. The van der Waals surface area contributed by atoms with Gasteiger partial charge in [-0.3, -0.25) is 4.79 Å². The molecule has 2 rings (SSSR count). The van der Waals surface area contributed by atoms with Crippen molar-refractivity contribution in [2.24, 2.45) is 5.73 Å². The summed E-state index contributed by atoms with van der Waals surface area (Å²) in [7, 11) is 0. The number of fused-ring (bicyclic) bond motifs is 1. The molecule has 102 valence electrons. The molecule has 0 aliphatic rings. The topological polar surface area (TPSA) is 88.5 Å². The van der Waals surface area contributed by atoms with E-state index in [1.165, 1.54) is 6.20 Å². The molecular weight excluding hydrogens is 336 g/mol. The van der Waals surface area contributed by atoms with E-state index in [0.29, 0.717) is 21.5 Å². The summed E-state index contributed by atoms with van der Waals surface area (Å²) in [5.41, 5.74) is 7.50. The molecule has 1 aromatic heterocycles. The van der Waals surface area contributed by atoms with E-state index >= 15 is 0 Å². The van der Waals surface area contributed by atoms with Crippen molar-refractivity contribution < 1.29 is 15.1 Å². The van der Waals surface area contributed by atoms with Crippen molar-refractivity contribution >= 4 is 44.4 Å². The van der Waals surface area contributed by atoms with Crippen molar-refractivity contribution in [1.29, 1.82) is 0 Å². The van der Waals surface area contributed by atoms with Gasteiger partial charge in [0.1, 0.15) is 11.6 Å². The molecule has 0 spiro atoms. The zero-order chi connectivity index (χ0) is 14.3. The van der Waals surface area contributed by atoms with Gasteiger partial charge in [0.15, 0.2) is 0 Å². The average molecular weight is 348 g/mol. The summed E-state index contributed by atoms with van der Waals surface area (Å²) < 4.78 is 1.67. The monoisotopic (exact) mass is 346 g/mol. The number of carboxylic acids is 1. The van der Waals surface area contributed by atoms with Crippen molar-refractivity contribution in [3.63, 3.8) is 0 Å². The van der Waals surface area contributed by atoms with Gasteiger partial charge < -0.3 is 16.0 Å². The smallest absolute Gasteiger partial charge is 0.320 e. The Morgan fingerprint density at radius 1 is 1.63 bits per heavy atom. The Hall–Kier alpha value is -1.24. The van der Waals surface area contributed by atoms with E-state index in [9.17, 15) is 10.0 Å². The first-order chi connectivity index (χ1) is 8.82. The van der Waals surface area contributed by atoms with Crippen LogP contribution in [0.2, 0.25) is 5.02 Å². The van der Waals surface area contributed by atoms with Crippen molar-refractivity contribution in [2.75, 3.05) is 0 Å². The molecule has 2 aromatic rings. The Kier molecular flexibility index (Phi) is 3.75. The summed E-state index contributed by atoms with van der Waals surface area (Å²) in [4.78, 5) is 10.8. The highest BCUT2D eigenvalue weighted by molar-refractivity contribution is 9.10. The summed E-state index contributed by atoms with van der Waals surface area (Å²) in [6.07, 6.45) is 1.54. The van der Waals surface area contributed by atoms with Gasteiger partial charge in [-0.05, 0) is 40.0 Å². The number of rotatable bonds is 3. The maximum atomic E-state index is 10.8. The number of halogens is 2. The van der Waals surface area contributed by atoms with Gasteiger partial charge in [0.05, 0.1) is 5.02 Å². The first-order valence-electron chi connectivity index (χ1n) is 5.49. The number of hydrogen-bond donors (Lipinski definition) is 3. The highest BCUT2D eigenvalue weighted by Crippen LogP contribution is 2.36. The molecule has 0 saturated carbocycles. The zero-order valence-corrected chi connectivity index (χ0v) is 12.4. The summed E-state index contributed by atoms with van der Waals surface area (Å²) in [6.45, 7) is 1.87. The molecule has 0 saturated heterocycles. The number of nitrogens with two attached hydrogens (primary N) is 1. The number of benzene rings is 1. The van der Waals surface area contributed by atoms with Crippen LogP contribution in [0.3, 0.4) is 0 Å². The largest absolute Gasteiger partial charge is 0.480 e. The predicted molar refractivity (Wildman–Crippen MR) is 75.9 cm³/mol. The molecule has 0 bridgehead atoms. The number of carbonyl (C=O) groups is 1. The molecule has 1 heterocycles. The summed E-state index contributed by atoms with van der Waals surface area (Å²) in [5.74, 6) is -1.09. The van der Waals surface area contributed by atoms with E-state index in [1.54, 1.807) is 6.07 Å². The first kappa shape index (κ1) is 14.2. The lowest BCUT2D eigenvalue weighted by molar-refractivity contribution is -0.138. The Balaban J connectivity index is 2.66. The molecule has 0 aliphatic carbocycles. The minimum absolute atomic E-state index is 0.109. The maximum Gasteiger partial charge on any atom is 0.320 e. The van der Waals surface area contributed by atoms with Crippen LogP contribution in [0, 0.1) is 6.92 Å². The second kappa shape index (κ2) is 5.03. The van der Waals surface area contributed by atoms with Crippen LogP contribution in [0.4, 0.5) is 0 Å². The van der Waals surface area contributed by atoms with Gasteiger partial charge in [-0.25, -0.2) is 0 Å². The normalized spacial score (nSPS) is 12.8. The van der Waals surface area contributed by atoms with Crippen LogP contribution in [0.1, 0.15) is 11.1 Å². The molecule has 1 unspecified atom stereocenters. The van der Waals surface area contributed by atoms with Crippen LogP contribution in [-0.2, 0) is 11.2 Å². The summed E-state index contributed by atoms with van der Waals surface area (Å²) in [5, 5.41) is 19.8. The van der Waals surface area contributed by atoms with E-state index in [-0.39, 0.29) is 6.42 Å². The Bertz CT molecular complexity index is 669. The Morgan fingerprint density at radius 2 is 2.26 bits per heavy atom. The fourth-order valence-corrected chi connectivity index (χ4v) is 2.92. The molecule has 1 aromatic carbocycles. The number of aromatic nitrogens is 1. The first-order valence-corrected chi connectivity index (χ1v) is 6.66. The maximum absolute atomic E-state index is 10.8. The van der Waals surface area contributed by atoms with Gasteiger partial charge in [-0.15, -0.1) is 0 Å². The zero-order valence-electron chi connectivity index (χ0n) is 10.0. The third kappa shape index (κ3) is 2.43. The molecular formula is C12H12BrClN2O3. The molecule has 0 fully saturated rings. The highest BCUT2D eigenvalue weighted by atomic mass is 79.9. The Morgan fingerprint density at radius 3 is 2.84 bits per heavy atom. The quantitative estimate of drug-likeness (QED) is 0.745. The van der Waals surface area contributed by atoms with Crippen LogP contribution in [0.25, 0.3) is 10.9 Å². The van der Waals surface area contributed by atoms with Crippen molar-refractivity contribution in [3.8, 4) is 0 Å². The molecule has 0 radical (unpaired) electrons. The third-order valence-electron chi connectivity index (χ3n) is 2.96. The third-order valence-corrected chi connectivity index (χ3v) is 4.27. The fourth-order valence-electron chi connectivity index (χ4n) is 2.02. The van der Waals surface area contributed by atoms with Gasteiger partial charge in [0.2, 0.25) is 0 Å². The van der Waals surface area contributed by atoms with Crippen molar-refractivity contribution in [2.45, 2.75) is 19.4 Å². The van der Waals surface area contributed by atoms with Crippen LogP contribution in [0.15, 0.2) is 16.7 Å². The number of nitrogens with zero attached hydrogens (tertiary/aromatic N) is 1. The molecule has 7 heteroatoms. The number of aryl methyl sites for hydroxylation is 1. The van der Waals surface area contributed by atoms with E-state index in [1.807, 2.05) is 6.92 Å². The Labute approximate surface area is 122 Å². The van der Waals surface area contributed by atoms with Crippen molar-refractivity contribution in [3.05, 3.63) is 32.9 Å². The molecule has 19 heavy (non-hydrogen) atoms. The van der Waals surface area contributed by atoms with Gasteiger partial charge in [-0.2, -0.15) is 4.73 Å². The number of aliphatic carboxylic acids is 1. The van der Waals surface area contributed by atoms with Crippen LogP contribution >= 0.6 is 27.5 Å². The minimum Gasteiger partial charge on any atom is -0.480 e. The lowest BCUT2D eigenvalue weighted by atomic mass is 10.0. The SMILES string of the molecule is Cc1cc(Cl)c2c(c(CC(N)C(=O)O)cn2O)c1Br. The second-order valence-electron chi connectivity index (χ2n) is 4.36. The van der Waals surface area contributed by atoms with Gasteiger partial charge >= 0.3 is 5.97 Å². The van der Waals surface area contributed by atoms with E-state index < -0.39 is 12.0 Å². The standard InChI is InChI=1S/C12H12BrClN2O3/c1-5-2-7(14)11-9(10(5)13)6(4-16(11)19)3-8(15)12(17)18/h2,4,8,19H,3,15H2,1H3,(H,17,18). The lowest BCUT2D eigenvalue weighted by Gasteiger charge is -2.07. The fraction of sp³-hybridized carbons (Fsp3) is 0.250. The highest BCUT2D eigenvalue weighted by Gasteiger charge is 2.20. The molecule has 1 atom stereocenters. The molecule has 0 amide bonds. The van der Waals surface area contributed by atoms with E-state index in [2.05, 4.69) is 15.9 Å². The molecule has 5 nitrogen and oxygen atoms in total. The summed E-state index contributed by atoms with van der Waals surface area (Å²) in [6, 6.07) is 0.693. The van der Waals surface area contributed by atoms with Crippen LogP contribution in [0.5, 0.6) is 0 Å². The second-order valence-corrected chi connectivity index (χ2v) is 5.56. The average Bonchev–Trinajstić information content (AvgIpc) is 2.63. The number of carboxylic acid groups (broad SMARTS) is 1. The van der Waals surface area contributed by atoms with Gasteiger partial charge in [0, 0.05) is 22.5 Å². The van der Waals surface area contributed by atoms with Gasteiger partial charge in [-0.1, -0.05) is 11.6 Å². The van der Waals surface area contributed by atoms with E-state index in [4.69, 9.17) is 22.4 Å². The summed E-state index contributed by atoms with van der Waals surface area (Å²) >= 11 is 9.54. The van der Waals surface area contributed by atoms with Crippen LogP contribution in [-0.4, -0.2) is 27.1 Å². The number of hydrogen-bond acceptors (Lipinski definition) is 3.